The molecule has 1 N–H and O–H groups in total. The van der Waals surface area contributed by atoms with Crippen LogP contribution in [0.3, 0.4) is 0 Å². The van der Waals surface area contributed by atoms with Gasteiger partial charge in [-0.15, -0.1) is 0 Å². The molecule has 1 aromatic rings. The molecule has 0 amide bonds. The Morgan fingerprint density at radius 1 is 1.05 bits per heavy atom. The number of benzene rings is 1. The van der Waals surface area contributed by atoms with Crippen LogP contribution < -0.4 is 5.32 Å². The monoisotopic (exact) mass is 291 g/mol. The number of halogens is 1. The average Bonchev–Trinajstić information content (AvgIpc) is 2.64. The molecule has 1 fully saturated rings. The first-order chi connectivity index (χ1) is 9.86. The Morgan fingerprint density at radius 3 is 2.33 bits per heavy atom. The molecule has 0 bridgehead atoms. The minimum Gasteiger partial charge on any atom is -0.307 e. The van der Waals surface area contributed by atoms with Gasteiger partial charge in [0.25, 0.3) is 0 Å². The first kappa shape index (κ1) is 16.5. The molecule has 1 aliphatic carbocycles. The third-order valence-electron chi connectivity index (χ3n) is 5.05. The molecule has 0 saturated heterocycles. The van der Waals surface area contributed by atoms with E-state index in [1.54, 1.807) is 12.1 Å². The van der Waals surface area contributed by atoms with E-state index in [1.807, 2.05) is 12.1 Å². The van der Waals surface area contributed by atoms with Gasteiger partial charge in [0.1, 0.15) is 5.82 Å². The van der Waals surface area contributed by atoms with E-state index in [-0.39, 0.29) is 5.82 Å². The molecule has 118 valence electrons. The van der Waals surface area contributed by atoms with Gasteiger partial charge in [0.05, 0.1) is 0 Å². The number of hydrogen-bond acceptors (Lipinski definition) is 1. The minimum absolute atomic E-state index is 0.159. The summed E-state index contributed by atoms with van der Waals surface area (Å²) in [4.78, 5) is 0. The van der Waals surface area contributed by atoms with Crippen molar-refractivity contribution in [3.8, 4) is 0 Å². The zero-order valence-corrected chi connectivity index (χ0v) is 14.0. The van der Waals surface area contributed by atoms with Crippen LogP contribution in [0.15, 0.2) is 24.3 Å². The van der Waals surface area contributed by atoms with Gasteiger partial charge in [-0.25, -0.2) is 4.39 Å². The topological polar surface area (TPSA) is 12.0 Å². The molecule has 3 atom stereocenters. The standard InChI is InChI=1S/C19H30FN/c1-14(15-8-11-17(20)12-9-15)21-18-7-5-6-16(10-13-18)19(2,3)4/h8-9,11-12,14,16,18,21H,5-7,10,13H2,1-4H3/t14-,16?,18?/m0/s1. The number of rotatable bonds is 3. The average molecular weight is 291 g/mol. The minimum atomic E-state index is -0.159. The van der Waals surface area contributed by atoms with Crippen molar-refractivity contribution < 1.29 is 4.39 Å². The van der Waals surface area contributed by atoms with Gasteiger partial charge in [0, 0.05) is 12.1 Å². The second-order valence-electron chi connectivity index (χ2n) is 7.71. The fraction of sp³-hybridized carbons (Fsp3) is 0.684. The van der Waals surface area contributed by atoms with Crippen molar-refractivity contribution in [1.29, 1.82) is 0 Å². The molecule has 1 aromatic carbocycles. The van der Waals surface area contributed by atoms with Crippen LogP contribution in [0.5, 0.6) is 0 Å². The van der Waals surface area contributed by atoms with E-state index in [0.29, 0.717) is 17.5 Å². The molecule has 0 radical (unpaired) electrons. The Kier molecular flexibility index (Phi) is 5.43. The maximum atomic E-state index is 13.0. The Labute approximate surface area is 129 Å². The van der Waals surface area contributed by atoms with Crippen LogP contribution in [0.2, 0.25) is 0 Å². The van der Waals surface area contributed by atoms with Gasteiger partial charge in [-0.1, -0.05) is 39.3 Å². The van der Waals surface area contributed by atoms with E-state index in [2.05, 4.69) is 33.0 Å². The zero-order chi connectivity index (χ0) is 15.5. The van der Waals surface area contributed by atoms with E-state index in [9.17, 15) is 4.39 Å². The molecule has 2 rings (SSSR count). The summed E-state index contributed by atoms with van der Waals surface area (Å²) in [6.07, 6.45) is 6.51. The van der Waals surface area contributed by atoms with E-state index in [0.717, 1.165) is 5.92 Å². The third-order valence-corrected chi connectivity index (χ3v) is 5.05. The fourth-order valence-electron chi connectivity index (χ4n) is 3.54. The van der Waals surface area contributed by atoms with E-state index in [4.69, 9.17) is 0 Å². The normalized spacial score (nSPS) is 25.4. The van der Waals surface area contributed by atoms with E-state index < -0.39 is 0 Å². The van der Waals surface area contributed by atoms with Crippen LogP contribution in [0.25, 0.3) is 0 Å². The third kappa shape index (κ3) is 4.81. The molecule has 1 aliphatic rings. The predicted octanol–water partition coefficient (Wildman–Crippen LogP) is 5.47. The summed E-state index contributed by atoms with van der Waals surface area (Å²) in [5, 5.41) is 3.74. The van der Waals surface area contributed by atoms with Gasteiger partial charge in [-0.05, 0) is 61.6 Å². The molecule has 21 heavy (non-hydrogen) atoms. The van der Waals surface area contributed by atoms with Crippen LogP contribution in [0, 0.1) is 17.2 Å². The molecule has 1 nitrogen and oxygen atoms in total. The van der Waals surface area contributed by atoms with Crippen molar-refractivity contribution in [2.24, 2.45) is 11.3 Å². The summed E-state index contributed by atoms with van der Waals surface area (Å²) in [5.41, 5.74) is 1.60. The molecule has 0 heterocycles. The zero-order valence-electron chi connectivity index (χ0n) is 14.0. The first-order valence-electron chi connectivity index (χ1n) is 8.38. The molecule has 0 aromatic heterocycles. The SMILES string of the molecule is C[C@H](NC1CCCC(C(C)(C)C)CC1)c1ccc(F)cc1. The largest absolute Gasteiger partial charge is 0.307 e. The van der Waals surface area contributed by atoms with Crippen molar-refractivity contribution in [1.82, 2.24) is 5.32 Å². The van der Waals surface area contributed by atoms with E-state index >= 15 is 0 Å². The van der Waals surface area contributed by atoms with Gasteiger partial charge in [0.2, 0.25) is 0 Å². The molecular weight excluding hydrogens is 261 g/mol. The van der Waals surface area contributed by atoms with Gasteiger partial charge in [0.15, 0.2) is 0 Å². The maximum Gasteiger partial charge on any atom is 0.123 e. The Hall–Kier alpha value is -0.890. The Balaban J connectivity index is 1.90. The highest BCUT2D eigenvalue weighted by Crippen LogP contribution is 2.37. The van der Waals surface area contributed by atoms with Crippen molar-refractivity contribution in [2.75, 3.05) is 0 Å². The summed E-state index contributed by atoms with van der Waals surface area (Å²) in [5.74, 6) is 0.680. The molecule has 1 saturated carbocycles. The lowest BCUT2D eigenvalue weighted by molar-refractivity contribution is 0.213. The Morgan fingerprint density at radius 2 is 1.71 bits per heavy atom. The molecule has 2 heteroatoms. The highest BCUT2D eigenvalue weighted by atomic mass is 19.1. The summed E-state index contributed by atoms with van der Waals surface area (Å²) < 4.78 is 13.0. The quantitative estimate of drug-likeness (QED) is 0.728. The van der Waals surface area contributed by atoms with Crippen LogP contribution in [0.4, 0.5) is 4.39 Å². The highest BCUT2D eigenvalue weighted by molar-refractivity contribution is 5.19. The lowest BCUT2D eigenvalue weighted by atomic mass is 9.76. The highest BCUT2D eigenvalue weighted by Gasteiger charge is 2.28. The van der Waals surface area contributed by atoms with Crippen molar-refractivity contribution in [3.63, 3.8) is 0 Å². The van der Waals surface area contributed by atoms with Crippen molar-refractivity contribution in [2.45, 2.75) is 71.9 Å². The summed E-state index contributed by atoms with van der Waals surface area (Å²) in [7, 11) is 0. The van der Waals surface area contributed by atoms with Crippen molar-refractivity contribution in [3.05, 3.63) is 35.6 Å². The summed E-state index contributed by atoms with van der Waals surface area (Å²) in [6.45, 7) is 9.28. The number of nitrogens with one attached hydrogen (secondary N) is 1. The molecule has 0 spiro atoms. The number of hydrogen-bond donors (Lipinski definition) is 1. The van der Waals surface area contributed by atoms with E-state index in [1.165, 1.54) is 37.7 Å². The molecular formula is C19H30FN. The van der Waals surface area contributed by atoms with Gasteiger partial charge < -0.3 is 5.32 Å². The molecule has 0 aliphatic heterocycles. The summed E-state index contributed by atoms with van der Waals surface area (Å²) >= 11 is 0. The second kappa shape index (κ2) is 6.91. The first-order valence-corrected chi connectivity index (χ1v) is 8.38. The van der Waals surface area contributed by atoms with Gasteiger partial charge >= 0.3 is 0 Å². The fourth-order valence-corrected chi connectivity index (χ4v) is 3.54. The van der Waals surface area contributed by atoms with Crippen LogP contribution in [0.1, 0.15) is 71.4 Å². The van der Waals surface area contributed by atoms with Gasteiger partial charge in [-0.2, -0.15) is 0 Å². The van der Waals surface area contributed by atoms with Crippen molar-refractivity contribution >= 4 is 0 Å². The van der Waals surface area contributed by atoms with Gasteiger partial charge in [-0.3, -0.25) is 0 Å². The molecule has 2 unspecified atom stereocenters. The van der Waals surface area contributed by atoms with Crippen LogP contribution >= 0.6 is 0 Å². The lowest BCUT2D eigenvalue weighted by Gasteiger charge is -2.30. The lowest BCUT2D eigenvalue weighted by Crippen LogP contribution is -2.31. The van der Waals surface area contributed by atoms with Crippen LogP contribution in [-0.4, -0.2) is 6.04 Å². The Bertz CT molecular complexity index is 432. The predicted molar refractivity (Wildman–Crippen MR) is 87.8 cm³/mol. The smallest absolute Gasteiger partial charge is 0.123 e. The summed E-state index contributed by atoms with van der Waals surface area (Å²) in [6, 6.07) is 7.77. The second-order valence-corrected chi connectivity index (χ2v) is 7.71. The van der Waals surface area contributed by atoms with Crippen LogP contribution in [-0.2, 0) is 0 Å². The maximum absolute atomic E-state index is 13.0.